The van der Waals surface area contributed by atoms with E-state index in [-0.39, 0.29) is 30.5 Å². The Hall–Kier alpha value is -1.63. The van der Waals surface area contributed by atoms with E-state index in [1.54, 1.807) is 6.92 Å². The summed E-state index contributed by atoms with van der Waals surface area (Å²) in [6.45, 7) is 10.2. The van der Waals surface area contributed by atoms with E-state index in [1.807, 2.05) is 13.8 Å². The van der Waals surface area contributed by atoms with Crippen LogP contribution < -0.4 is 0 Å². The molecular formula is C18H30O7. The summed E-state index contributed by atoms with van der Waals surface area (Å²) in [6, 6.07) is 0. The maximum absolute atomic E-state index is 12.2. The first-order valence-electron chi connectivity index (χ1n) is 8.58. The van der Waals surface area contributed by atoms with E-state index in [2.05, 4.69) is 6.92 Å². The van der Waals surface area contributed by atoms with Crippen LogP contribution in [0.4, 0.5) is 0 Å². The summed E-state index contributed by atoms with van der Waals surface area (Å²) in [5, 5.41) is 0. The van der Waals surface area contributed by atoms with E-state index in [0.717, 1.165) is 0 Å². The van der Waals surface area contributed by atoms with Crippen LogP contribution in [0.25, 0.3) is 0 Å². The maximum atomic E-state index is 12.2. The van der Waals surface area contributed by atoms with Crippen molar-refractivity contribution in [2.45, 2.75) is 65.8 Å². The molecule has 0 amide bonds. The van der Waals surface area contributed by atoms with Crippen molar-refractivity contribution in [2.75, 3.05) is 13.7 Å². The average Bonchev–Trinajstić information content (AvgIpc) is 2.52. The molecule has 1 rings (SSSR count). The molecule has 1 aliphatic rings. The summed E-state index contributed by atoms with van der Waals surface area (Å²) >= 11 is 0. The van der Waals surface area contributed by atoms with Gasteiger partial charge in [-0.1, -0.05) is 20.8 Å². The van der Waals surface area contributed by atoms with Gasteiger partial charge >= 0.3 is 17.9 Å². The van der Waals surface area contributed by atoms with Crippen molar-refractivity contribution in [1.82, 2.24) is 0 Å². The van der Waals surface area contributed by atoms with E-state index >= 15 is 0 Å². The predicted molar refractivity (Wildman–Crippen MR) is 89.6 cm³/mol. The van der Waals surface area contributed by atoms with E-state index in [1.165, 1.54) is 21.0 Å². The highest BCUT2D eigenvalue weighted by atomic mass is 16.6. The van der Waals surface area contributed by atoms with Gasteiger partial charge < -0.3 is 18.9 Å². The molecule has 0 aromatic heterocycles. The van der Waals surface area contributed by atoms with Gasteiger partial charge in [-0.2, -0.15) is 0 Å². The number of rotatable bonds is 6. The van der Waals surface area contributed by atoms with E-state index in [0.29, 0.717) is 6.42 Å². The largest absolute Gasteiger partial charge is 0.467 e. The first kappa shape index (κ1) is 21.4. The molecule has 0 aromatic rings. The Morgan fingerprint density at radius 1 is 1.20 bits per heavy atom. The van der Waals surface area contributed by atoms with Crippen LogP contribution in [-0.4, -0.2) is 49.4 Å². The van der Waals surface area contributed by atoms with Gasteiger partial charge in [-0.05, 0) is 25.2 Å². The Morgan fingerprint density at radius 3 is 2.28 bits per heavy atom. The Labute approximate surface area is 149 Å². The van der Waals surface area contributed by atoms with Gasteiger partial charge in [0.2, 0.25) is 0 Å². The van der Waals surface area contributed by atoms with Crippen molar-refractivity contribution in [3.8, 4) is 0 Å². The number of esters is 3. The zero-order valence-corrected chi connectivity index (χ0v) is 16.2. The molecule has 7 nitrogen and oxygen atoms in total. The van der Waals surface area contributed by atoms with E-state index in [4.69, 9.17) is 18.9 Å². The molecule has 25 heavy (non-hydrogen) atoms. The molecule has 0 radical (unpaired) electrons. The fraction of sp³-hybridized carbons (Fsp3) is 0.833. The summed E-state index contributed by atoms with van der Waals surface area (Å²) in [6.07, 6.45) is -0.458. The van der Waals surface area contributed by atoms with Crippen LogP contribution in [0.3, 0.4) is 0 Å². The second-order valence-corrected chi connectivity index (χ2v) is 7.16. The third-order valence-corrected chi connectivity index (χ3v) is 5.01. The highest BCUT2D eigenvalue weighted by molar-refractivity contribution is 5.79. The second-order valence-electron chi connectivity index (χ2n) is 7.16. The predicted octanol–water partition coefficient (Wildman–Crippen LogP) is 2.11. The van der Waals surface area contributed by atoms with Crippen LogP contribution in [0.2, 0.25) is 0 Å². The zero-order valence-electron chi connectivity index (χ0n) is 16.2. The van der Waals surface area contributed by atoms with Gasteiger partial charge in [0.25, 0.3) is 0 Å². The van der Waals surface area contributed by atoms with Gasteiger partial charge in [0, 0.05) is 19.8 Å². The van der Waals surface area contributed by atoms with Crippen molar-refractivity contribution in [3.05, 3.63) is 0 Å². The molecule has 0 spiro atoms. The van der Waals surface area contributed by atoms with Crippen LogP contribution in [0.1, 0.15) is 48.0 Å². The number of carbonyl (C=O) groups excluding carboxylic acids is 3. The third-order valence-electron chi connectivity index (χ3n) is 5.01. The number of carbonyl (C=O) groups is 3. The molecule has 1 unspecified atom stereocenters. The lowest BCUT2D eigenvalue weighted by Crippen LogP contribution is -2.55. The van der Waals surface area contributed by atoms with Crippen LogP contribution >= 0.6 is 0 Å². The SMILES string of the molecule is COC(=O)[C@@]1(C)C[C@@H](C)[C@@H](C)C([C@H](C)[C@@H](COC(C)=O)OC(C)=O)O1. The average molecular weight is 358 g/mol. The van der Waals surface area contributed by atoms with Gasteiger partial charge in [0.05, 0.1) is 13.2 Å². The molecule has 1 heterocycles. The summed E-state index contributed by atoms with van der Waals surface area (Å²) in [4.78, 5) is 34.7. The van der Waals surface area contributed by atoms with Crippen LogP contribution in [0.15, 0.2) is 0 Å². The molecule has 0 N–H and O–H groups in total. The highest BCUT2D eigenvalue weighted by Crippen LogP contribution is 2.41. The van der Waals surface area contributed by atoms with E-state index < -0.39 is 29.6 Å². The monoisotopic (exact) mass is 358 g/mol. The third kappa shape index (κ3) is 5.42. The molecule has 0 aromatic carbocycles. The lowest BCUT2D eigenvalue weighted by molar-refractivity contribution is -0.215. The molecule has 0 aliphatic carbocycles. The molecular weight excluding hydrogens is 328 g/mol. The minimum absolute atomic E-state index is 0.0496. The van der Waals surface area contributed by atoms with Crippen LogP contribution in [0, 0.1) is 17.8 Å². The quantitative estimate of drug-likeness (QED) is 0.531. The van der Waals surface area contributed by atoms with Crippen molar-refractivity contribution in [3.63, 3.8) is 0 Å². The van der Waals surface area contributed by atoms with Crippen molar-refractivity contribution in [2.24, 2.45) is 17.8 Å². The van der Waals surface area contributed by atoms with Crippen molar-refractivity contribution >= 4 is 17.9 Å². The van der Waals surface area contributed by atoms with E-state index in [9.17, 15) is 14.4 Å². The van der Waals surface area contributed by atoms with Gasteiger partial charge in [0.1, 0.15) is 12.7 Å². The molecule has 1 saturated heterocycles. The van der Waals surface area contributed by atoms with Crippen molar-refractivity contribution in [1.29, 1.82) is 0 Å². The lowest BCUT2D eigenvalue weighted by atomic mass is 9.74. The first-order valence-corrected chi connectivity index (χ1v) is 8.58. The molecule has 7 heteroatoms. The maximum Gasteiger partial charge on any atom is 0.337 e. The zero-order chi connectivity index (χ0) is 19.4. The van der Waals surface area contributed by atoms with Crippen molar-refractivity contribution < 1.29 is 33.3 Å². The molecule has 1 fully saturated rings. The van der Waals surface area contributed by atoms with Gasteiger partial charge in [0.15, 0.2) is 5.60 Å². The standard InChI is InChI=1S/C18H30O7/c1-10-8-18(6,17(21)22-7)25-16(11(10)2)12(3)15(24-14(5)20)9-23-13(4)19/h10-12,15-16H,8-9H2,1-7H3/t10-,11-,12-,15-,16?,18-/m1/s1. The topological polar surface area (TPSA) is 88.1 Å². The fourth-order valence-electron chi connectivity index (χ4n) is 3.43. The molecule has 144 valence electrons. The second kappa shape index (κ2) is 8.65. The minimum atomic E-state index is -1.05. The summed E-state index contributed by atoms with van der Waals surface area (Å²) < 4.78 is 21.4. The molecule has 0 saturated carbocycles. The molecule has 0 bridgehead atoms. The highest BCUT2D eigenvalue weighted by Gasteiger charge is 2.49. The Balaban J connectivity index is 3.02. The van der Waals surface area contributed by atoms with Gasteiger partial charge in [-0.15, -0.1) is 0 Å². The molecule has 6 atom stereocenters. The molecule has 1 aliphatic heterocycles. The van der Waals surface area contributed by atoms with Gasteiger partial charge in [-0.25, -0.2) is 4.79 Å². The normalized spacial score (nSPS) is 31.6. The summed E-state index contributed by atoms with van der Waals surface area (Å²) in [5.74, 6) is -1.27. The minimum Gasteiger partial charge on any atom is -0.467 e. The lowest BCUT2D eigenvalue weighted by Gasteiger charge is -2.47. The summed E-state index contributed by atoms with van der Waals surface area (Å²) in [5.41, 5.74) is -1.05. The number of ether oxygens (including phenoxy) is 4. The summed E-state index contributed by atoms with van der Waals surface area (Å²) in [7, 11) is 1.33. The van der Waals surface area contributed by atoms with Gasteiger partial charge in [-0.3, -0.25) is 9.59 Å². The first-order chi connectivity index (χ1) is 11.5. The number of methoxy groups -OCH3 is 1. The Kier molecular flexibility index (Phi) is 7.41. The van der Waals surface area contributed by atoms with Crippen LogP contribution in [0.5, 0.6) is 0 Å². The smallest absolute Gasteiger partial charge is 0.337 e. The Morgan fingerprint density at radius 2 is 1.80 bits per heavy atom. The Bertz CT molecular complexity index is 504. The number of hydrogen-bond donors (Lipinski definition) is 0. The fourth-order valence-corrected chi connectivity index (χ4v) is 3.43. The van der Waals surface area contributed by atoms with Crippen LogP contribution in [-0.2, 0) is 33.3 Å². The number of hydrogen-bond acceptors (Lipinski definition) is 7.